The van der Waals surface area contributed by atoms with Crippen molar-refractivity contribution in [3.05, 3.63) is 0 Å². The fourth-order valence-corrected chi connectivity index (χ4v) is 1.66. The van der Waals surface area contributed by atoms with Crippen LogP contribution in [0, 0.1) is 5.41 Å². The van der Waals surface area contributed by atoms with Gasteiger partial charge in [0.05, 0.1) is 5.75 Å². The summed E-state index contributed by atoms with van der Waals surface area (Å²) in [5, 5.41) is 0. The highest BCUT2D eigenvalue weighted by atomic mass is 32.2. The van der Waals surface area contributed by atoms with Crippen LogP contribution in [0.4, 0.5) is 0 Å². The molecular weight excluding hydrogens is 208 g/mol. The first-order valence-electron chi connectivity index (χ1n) is 5.21. The van der Waals surface area contributed by atoms with Crippen LogP contribution in [0.25, 0.3) is 0 Å². The number of ketones is 2. The third-order valence-corrected chi connectivity index (χ3v) is 3.59. The van der Waals surface area contributed by atoms with Crippen LogP contribution in [0.2, 0.25) is 0 Å². The molecular formula is C12H22O2S. The van der Waals surface area contributed by atoms with Crippen LogP contribution in [0.1, 0.15) is 48.0 Å². The Kier molecular flexibility index (Phi) is 5.04. The first-order valence-corrected chi connectivity index (χ1v) is 6.20. The highest BCUT2D eigenvalue weighted by Crippen LogP contribution is 2.27. The molecule has 15 heavy (non-hydrogen) atoms. The van der Waals surface area contributed by atoms with Crippen LogP contribution in [0.3, 0.4) is 0 Å². The van der Waals surface area contributed by atoms with Crippen LogP contribution in [0.5, 0.6) is 0 Å². The summed E-state index contributed by atoms with van der Waals surface area (Å²) in [4.78, 5) is 22.9. The van der Waals surface area contributed by atoms with Crippen molar-refractivity contribution < 1.29 is 9.59 Å². The molecule has 0 fully saturated rings. The minimum atomic E-state index is -0.504. The molecule has 0 aliphatic heterocycles. The van der Waals surface area contributed by atoms with Crippen LogP contribution in [0.15, 0.2) is 0 Å². The Hall–Kier alpha value is -0.310. The van der Waals surface area contributed by atoms with E-state index in [0.29, 0.717) is 12.2 Å². The van der Waals surface area contributed by atoms with E-state index in [2.05, 4.69) is 20.8 Å². The van der Waals surface area contributed by atoms with Gasteiger partial charge in [0.1, 0.15) is 11.6 Å². The monoisotopic (exact) mass is 230 g/mol. The standard InChI is InChI=1S/C12H22O2S/c1-9(13)12(5,6)7-10(14)8-15-11(2,3)4/h7-8H2,1-6H3. The number of rotatable bonds is 5. The number of carbonyl (C=O) groups excluding carboxylic acids is 2. The van der Waals surface area contributed by atoms with Crippen LogP contribution in [-0.2, 0) is 9.59 Å². The van der Waals surface area contributed by atoms with E-state index in [0.717, 1.165) is 0 Å². The molecule has 88 valence electrons. The molecule has 0 unspecified atom stereocenters. The average Bonchev–Trinajstić information content (AvgIpc) is 1.98. The second-order valence-corrected chi connectivity index (χ2v) is 7.36. The summed E-state index contributed by atoms with van der Waals surface area (Å²) in [6.07, 6.45) is 0.353. The molecule has 0 rings (SSSR count). The maximum absolute atomic E-state index is 11.6. The minimum Gasteiger partial charge on any atom is -0.299 e. The van der Waals surface area contributed by atoms with Crippen molar-refractivity contribution in [1.82, 2.24) is 0 Å². The van der Waals surface area contributed by atoms with E-state index in [9.17, 15) is 9.59 Å². The molecule has 0 atom stereocenters. The summed E-state index contributed by atoms with van der Waals surface area (Å²) < 4.78 is 0.107. The zero-order valence-corrected chi connectivity index (χ0v) is 11.5. The lowest BCUT2D eigenvalue weighted by Crippen LogP contribution is -2.26. The highest BCUT2D eigenvalue weighted by molar-refractivity contribution is 8.01. The predicted octanol–water partition coefficient (Wildman–Crippen LogP) is 3.09. The van der Waals surface area contributed by atoms with Crippen molar-refractivity contribution in [1.29, 1.82) is 0 Å². The van der Waals surface area contributed by atoms with E-state index in [1.807, 2.05) is 13.8 Å². The first-order chi connectivity index (χ1) is 6.54. The first kappa shape index (κ1) is 14.7. The van der Waals surface area contributed by atoms with E-state index < -0.39 is 5.41 Å². The van der Waals surface area contributed by atoms with Gasteiger partial charge in [0, 0.05) is 16.6 Å². The SMILES string of the molecule is CC(=O)C(C)(C)CC(=O)CSC(C)(C)C. The lowest BCUT2D eigenvalue weighted by molar-refractivity contribution is -0.129. The van der Waals surface area contributed by atoms with Crippen LogP contribution in [-0.4, -0.2) is 22.1 Å². The summed E-state index contributed by atoms with van der Waals surface area (Å²) in [5.74, 6) is 0.743. The Morgan fingerprint density at radius 2 is 1.53 bits per heavy atom. The van der Waals surface area contributed by atoms with Gasteiger partial charge in [-0.1, -0.05) is 34.6 Å². The van der Waals surface area contributed by atoms with Gasteiger partial charge in [-0.05, 0) is 6.92 Å². The molecule has 0 bridgehead atoms. The Labute approximate surface area is 97.2 Å². The topological polar surface area (TPSA) is 34.1 Å². The van der Waals surface area contributed by atoms with Crippen molar-refractivity contribution in [3.63, 3.8) is 0 Å². The summed E-state index contributed by atoms with van der Waals surface area (Å²) in [6, 6.07) is 0. The predicted molar refractivity (Wildman–Crippen MR) is 66.3 cm³/mol. The molecule has 3 heteroatoms. The Morgan fingerprint density at radius 1 is 1.07 bits per heavy atom. The summed E-state index contributed by atoms with van der Waals surface area (Å²) in [7, 11) is 0. The van der Waals surface area contributed by atoms with Gasteiger partial charge in [-0.25, -0.2) is 0 Å². The van der Waals surface area contributed by atoms with Crippen molar-refractivity contribution in [2.75, 3.05) is 5.75 Å². The number of thioether (sulfide) groups is 1. The van der Waals surface area contributed by atoms with E-state index in [4.69, 9.17) is 0 Å². The molecule has 0 aliphatic carbocycles. The Balaban J connectivity index is 4.11. The molecule has 2 nitrogen and oxygen atoms in total. The normalized spacial score (nSPS) is 12.7. The molecule has 0 saturated heterocycles. The Morgan fingerprint density at radius 3 is 1.87 bits per heavy atom. The zero-order valence-electron chi connectivity index (χ0n) is 10.6. The molecule has 0 spiro atoms. The highest BCUT2D eigenvalue weighted by Gasteiger charge is 2.27. The average molecular weight is 230 g/mol. The smallest absolute Gasteiger partial charge is 0.143 e. The molecule has 0 radical (unpaired) electrons. The third-order valence-electron chi connectivity index (χ3n) is 2.26. The van der Waals surface area contributed by atoms with Gasteiger partial charge in [-0.2, -0.15) is 0 Å². The van der Waals surface area contributed by atoms with Crippen molar-refractivity contribution in [2.24, 2.45) is 5.41 Å². The van der Waals surface area contributed by atoms with Crippen LogP contribution >= 0.6 is 11.8 Å². The molecule has 0 aromatic carbocycles. The summed E-state index contributed by atoms with van der Waals surface area (Å²) in [5.41, 5.74) is -0.504. The number of hydrogen-bond donors (Lipinski definition) is 0. The second-order valence-electron chi connectivity index (χ2n) is 5.56. The van der Waals surface area contributed by atoms with Crippen molar-refractivity contribution in [2.45, 2.75) is 52.7 Å². The number of Topliss-reactive ketones (excluding diaryl/α,β-unsaturated/α-hetero) is 2. The van der Waals surface area contributed by atoms with Gasteiger partial charge in [-0.15, -0.1) is 11.8 Å². The quantitative estimate of drug-likeness (QED) is 0.728. The molecule has 0 heterocycles. The third kappa shape index (κ3) is 6.72. The maximum atomic E-state index is 11.6. The van der Waals surface area contributed by atoms with Gasteiger partial charge >= 0.3 is 0 Å². The van der Waals surface area contributed by atoms with Gasteiger partial charge in [0.15, 0.2) is 0 Å². The van der Waals surface area contributed by atoms with Gasteiger partial charge in [0.25, 0.3) is 0 Å². The van der Waals surface area contributed by atoms with Gasteiger partial charge in [0.2, 0.25) is 0 Å². The number of carbonyl (C=O) groups is 2. The lowest BCUT2D eigenvalue weighted by atomic mass is 9.84. The zero-order chi connectivity index (χ0) is 12.3. The van der Waals surface area contributed by atoms with Crippen molar-refractivity contribution in [3.8, 4) is 0 Å². The molecule has 0 N–H and O–H groups in total. The molecule has 0 amide bonds. The van der Waals surface area contributed by atoms with Gasteiger partial charge in [-0.3, -0.25) is 9.59 Å². The van der Waals surface area contributed by atoms with Crippen LogP contribution < -0.4 is 0 Å². The van der Waals surface area contributed by atoms with E-state index >= 15 is 0 Å². The Bertz CT molecular complexity index is 249. The second kappa shape index (κ2) is 5.15. The van der Waals surface area contributed by atoms with Gasteiger partial charge < -0.3 is 0 Å². The minimum absolute atomic E-state index is 0.0802. The van der Waals surface area contributed by atoms with E-state index in [1.165, 1.54) is 0 Å². The molecule has 0 aromatic heterocycles. The molecule has 0 aliphatic rings. The fraction of sp³-hybridized carbons (Fsp3) is 0.833. The van der Waals surface area contributed by atoms with E-state index in [1.54, 1.807) is 18.7 Å². The fourth-order valence-electron chi connectivity index (χ4n) is 0.965. The summed E-state index contributed by atoms with van der Waals surface area (Å²) >= 11 is 1.63. The lowest BCUT2D eigenvalue weighted by Gasteiger charge is -2.21. The van der Waals surface area contributed by atoms with E-state index in [-0.39, 0.29) is 16.3 Å². The van der Waals surface area contributed by atoms with Crippen molar-refractivity contribution >= 4 is 23.3 Å². The molecule has 0 aromatic rings. The number of hydrogen-bond acceptors (Lipinski definition) is 3. The summed E-state index contributed by atoms with van der Waals surface area (Å²) in [6.45, 7) is 11.5. The molecule has 0 saturated carbocycles. The largest absolute Gasteiger partial charge is 0.299 e. The maximum Gasteiger partial charge on any atom is 0.143 e.